The molecule has 4 heteroatoms. The summed E-state index contributed by atoms with van der Waals surface area (Å²) in [5.74, 6) is -1.18. The van der Waals surface area contributed by atoms with Gasteiger partial charge in [0.05, 0.1) is 12.4 Å². The number of hydrogen-bond acceptors (Lipinski definition) is 2. The van der Waals surface area contributed by atoms with E-state index in [2.05, 4.69) is 10.3 Å². The molecule has 1 aromatic rings. The van der Waals surface area contributed by atoms with Gasteiger partial charge in [0.15, 0.2) is 0 Å². The molecule has 1 aromatic heterocycles. The first kappa shape index (κ1) is 11.0. The Hall–Kier alpha value is -1.03. The lowest BCUT2D eigenvalue weighted by atomic mass is 9.95. The SMILES string of the molecule is CNC(C)(C)Cc1c(F)cncc1F. The molecule has 0 aliphatic heterocycles. The molecule has 0 unspecified atom stereocenters. The van der Waals surface area contributed by atoms with Crippen molar-refractivity contribution in [3.8, 4) is 0 Å². The predicted octanol–water partition coefficient (Wildman–Crippen LogP) is 1.90. The van der Waals surface area contributed by atoms with E-state index in [0.29, 0.717) is 6.42 Å². The van der Waals surface area contributed by atoms with Gasteiger partial charge in [-0.3, -0.25) is 4.98 Å². The third-order valence-electron chi connectivity index (χ3n) is 2.25. The highest BCUT2D eigenvalue weighted by molar-refractivity contribution is 5.17. The van der Waals surface area contributed by atoms with Crippen molar-refractivity contribution in [3.63, 3.8) is 0 Å². The van der Waals surface area contributed by atoms with Crippen LogP contribution in [0, 0.1) is 11.6 Å². The predicted molar refractivity (Wildman–Crippen MR) is 51.0 cm³/mol. The zero-order valence-corrected chi connectivity index (χ0v) is 8.56. The third kappa shape index (κ3) is 2.48. The molecule has 78 valence electrons. The normalized spacial score (nSPS) is 11.8. The number of rotatable bonds is 3. The molecule has 0 radical (unpaired) electrons. The summed E-state index contributed by atoms with van der Waals surface area (Å²) in [5, 5.41) is 2.99. The largest absolute Gasteiger partial charge is 0.314 e. The molecular weight excluding hydrogens is 186 g/mol. The summed E-state index contributed by atoms with van der Waals surface area (Å²) < 4.78 is 26.4. The lowest BCUT2D eigenvalue weighted by Crippen LogP contribution is -2.38. The van der Waals surface area contributed by atoms with Crippen LogP contribution in [0.25, 0.3) is 0 Å². The second-order valence-corrected chi connectivity index (χ2v) is 3.89. The Labute approximate surface area is 82.4 Å². The van der Waals surface area contributed by atoms with Gasteiger partial charge in [0, 0.05) is 11.1 Å². The van der Waals surface area contributed by atoms with E-state index in [1.54, 1.807) is 7.05 Å². The van der Waals surface area contributed by atoms with Gasteiger partial charge in [0.25, 0.3) is 0 Å². The number of likely N-dealkylation sites (N-methyl/N-ethyl adjacent to an activating group) is 1. The third-order valence-corrected chi connectivity index (χ3v) is 2.25. The Morgan fingerprint density at radius 3 is 2.21 bits per heavy atom. The summed E-state index contributed by atoms with van der Waals surface area (Å²) in [6.07, 6.45) is 2.36. The van der Waals surface area contributed by atoms with Gasteiger partial charge in [-0.15, -0.1) is 0 Å². The fraction of sp³-hybridized carbons (Fsp3) is 0.500. The molecule has 0 bridgehead atoms. The Bertz CT molecular complexity index is 304. The maximum atomic E-state index is 13.2. The van der Waals surface area contributed by atoms with Crippen LogP contribution in [0.15, 0.2) is 12.4 Å². The topological polar surface area (TPSA) is 24.9 Å². The summed E-state index contributed by atoms with van der Waals surface area (Å²) in [7, 11) is 1.76. The van der Waals surface area contributed by atoms with Crippen LogP contribution in [-0.4, -0.2) is 17.6 Å². The number of nitrogens with zero attached hydrogens (tertiary/aromatic N) is 1. The summed E-state index contributed by atoms with van der Waals surface area (Å²) in [4.78, 5) is 3.43. The molecule has 0 atom stereocenters. The number of nitrogens with one attached hydrogen (secondary N) is 1. The summed E-state index contributed by atoms with van der Waals surface area (Å²) in [6.45, 7) is 3.76. The molecular formula is C10H14F2N2. The molecule has 0 fully saturated rings. The molecule has 0 aromatic carbocycles. The van der Waals surface area contributed by atoms with Crippen LogP contribution in [0.5, 0.6) is 0 Å². The molecule has 0 aliphatic rings. The van der Waals surface area contributed by atoms with Crippen LogP contribution in [0.2, 0.25) is 0 Å². The maximum Gasteiger partial charge on any atom is 0.147 e. The molecule has 0 spiro atoms. The van der Waals surface area contributed by atoms with Gasteiger partial charge >= 0.3 is 0 Å². The molecule has 0 aliphatic carbocycles. The first-order chi connectivity index (χ1) is 6.46. The molecule has 1 rings (SSSR count). The van der Waals surface area contributed by atoms with Crippen molar-refractivity contribution >= 4 is 0 Å². The van der Waals surface area contributed by atoms with Gasteiger partial charge in [-0.05, 0) is 27.3 Å². The molecule has 0 amide bonds. The van der Waals surface area contributed by atoms with Gasteiger partial charge in [0.1, 0.15) is 11.6 Å². The zero-order chi connectivity index (χ0) is 10.8. The zero-order valence-electron chi connectivity index (χ0n) is 8.56. The highest BCUT2D eigenvalue weighted by Crippen LogP contribution is 2.17. The Morgan fingerprint density at radius 2 is 1.79 bits per heavy atom. The van der Waals surface area contributed by atoms with Gasteiger partial charge in [0.2, 0.25) is 0 Å². The van der Waals surface area contributed by atoms with Crippen LogP contribution < -0.4 is 5.32 Å². The van der Waals surface area contributed by atoms with Crippen molar-refractivity contribution in [1.82, 2.24) is 10.3 Å². The lowest BCUT2D eigenvalue weighted by Gasteiger charge is -2.24. The van der Waals surface area contributed by atoms with Crippen LogP contribution in [0.3, 0.4) is 0 Å². The summed E-state index contributed by atoms with van der Waals surface area (Å²) in [6, 6.07) is 0. The number of pyridine rings is 1. The van der Waals surface area contributed by atoms with Crippen LogP contribution in [-0.2, 0) is 6.42 Å². The summed E-state index contributed by atoms with van der Waals surface area (Å²) >= 11 is 0. The molecule has 1 N–H and O–H groups in total. The fourth-order valence-electron chi connectivity index (χ4n) is 1.14. The lowest BCUT2D eigenvalue weighted by molar-refractivity contribution is 0.402. The minimum Gasteiger partial charge on any atom is -0.314 e. The average molecular weight is 200 g/mol. The first-order valence-corrected chi connectivity index (χ1v) is 4.43. The van der Waals surface area contributed by atoms with E-state index in [1.807, 2.05) is 13.8 Å². The highest BCUT2D eigenvalue weighted by Gasteiger charge is 2.20. The van der Waals surface area contributed by atoms with E-state index in [0.717, 1.165) is 12.4 Å². The fourth-order valence-corrected chi connectivity index (χ4v) is 1.14. The van der Waals surface area contributed by atoms with Gasteiger partial charge in [-0.1, -0.05) is 0 Å². The minimum absolute atomic E-state index is 0.0827. The van der Waals surface area contributed by atoms with E-state index in [1.165, 1.54) is 0 Å². The minimum atomic E-state index is -0.590. The van der Waals surface area contributed by atoms with Crippen LogP contribution in [0.4, 0.5) is 8.78 Å². The van der Waals surface area contributed by atoms with Crippen molar-refractivity contribution in [2.24, 2.45) is 0 Å². The van der Waals surface area contributed by atoms with Crippen molar-refractivity contribution in [2.75, 3.05) is 7.05 Å². The Balaban J connectivity index is 2.97. The van der Waals surface area contributed by atoms with Crippen LogP contribution in [0.1, 0.15) is 19.4 Å². The molecule has 0 saturated heterocycles. The monoisotopic (exact) mass is 200 g/mol. The van der Waals surface area contributed by atoms with Gasteiger partial charge in [-0.2, -0.15) is 0 Å². The van der Waals surface area contributed by atoms with Gasteiger partial charge in [-0.25, -0.2) is 8.78 Å². The number of aromatic nitrogens is 1. The van der Waals surface area contributed by atoms with E-state index in [-0.39, 0.29) is 11.1 Å². The molecule has 1 heterocycles. The van der Waals surface area contributed by atoms with E-state index >= 15 is 0 Å². The Kier molecular flexibility index (Phi) is 3.16. The van der Waals surface area contributed by atoms with E-state index in [9.17, 15) is 8.78 Å². The van der Waals surface area contributed by atoms with Gasteiger partial charge < -0.3 is 5.32 Å². The summed E-state index contributed by atoms with van der Waals surface area (Å²) in [5.41, 5.74) is -0.248. The molecule has 2 nitrogen and oxygen atoms in total. The second kappa shape index (κ2) is 4.00. The number of hydrogen-bond donors (Lipinski definition) is 1. The second-order valence-electron chi connectivity index (χ2n) is 3.89. The maximum absolute atomic E-state index is 13.2. The van der Waals surface area contributed by atoms with Crippen molar-refractivity contribution in [1.29, 1.82) is 0 Å². The smallest absolute Gasteiger partial charge is 0.147 e. The van der Waals surface area contributed by atoms with Crippen LogP contribution >= 0.6 is 0 Å². The van der Waals surface area contributed by atoms with Crippen molar-refractivity contribution in [2.45, 2.75) is 25.8 Å². The average Bonchev–Trinajstić information content (AvgIpc) is 2.12. The quantitative estimate of drug-likeness (QED) is 0.806. The van der Waals surface area contributed by atoms with Crippen molar-refractivity contribution in [3.05, 3.63) is 29.6 Å². The first-order valence-electron chi connectivity index (χ1n) is 4.43. The van der Waals surface area contributed by atoms with Crippen molar-refractivity contribution < 1.29 is 8.78 Å². The highest BCUT2D eigenvalue weighted by atomic mass is 19.1. The molecule has 14 heavy (non-hydrogen) atoms. The Morgan fingerprint density at radius 1 is 1.29 bits per heavy atom. The standard InChI is InChI=1S/C10H14F2N2/c1-10(2,13-3)4-7-8(11)5-14-6-9(7)12/h5-6,13H,4H2,1-3H3. The van der Waals surface area contributed by atoms with E-state index < -0.39 is 11.6 Å². The van der Waals surface area contributed by atoms with E-state index in [4.69, 9.17) is 0 Å². The number of halogens is 2. The molecule has 0 saturated carbocycles.